The number of rotatable bonds is 8. The number of carbonyl (C=O) groups is 4. The summed E-state index contributed by atoms with van der Waals surface area (Å²) in [6.45, 7) is 0.553. The van der Waals surface area contributed by atoms with Crippen LogP contribution in [0, 0.1) is 5.92 Å². The minimum absolute atomic E-state index is 0.207. The van der Waals surface area contributed by atoms with Gasteiger partial charge in [-0.15, -0.1) is 0 Å². The summed E-state index contributed by atoms with van der Waals surface area (Å²) in [6.07, 6.45) is 3.19. The van der Waals surface area contributed by atoms with Crippen molar-refractivity contribution in [1.29, 1.82) is 0 Å². The average Bonchev–Trinajstić information content (AvgIpc) is 2.61. The molecule has 7 N–H and O–H groups in total. The predicted octanol–water partition coefficient (Wildman–Crippen LogP) is -0.178. The van der Waals surface area contributed by atoms with Crippen molar-refractivity contribution in [2.75, 3.05) is 11.9 Å². The smallest absolute Gasteiger partial charge is 0.324 e. The molecule has 1 aliphatic heterocycles. The van der Waals surface area contributed by atoms with Crippen molar-refractivity contribution < 1.29 is 24.3 Å². The zero-order valence-corrected chi connectivity index (χ0v) is 14.6. The van der Waals surface area contributed by atoms with Crippen LogP contribution in [-0.4, -0.2) is 41.3 Å². The number of benzene rings is 1. The highest BCUT2D eigenvalue weighted by molar-refractivity contribution is 6.25. The van der Waals surface area contributed by atoms with Crippen LogP contribution < -0.4 is 22.1 Å². The van der Waals surface area contributed by atoms with Crippen LogP contribution in [0.3, 0.4) is 0 Å². The number of nitrogens with two attached hydrogens (primary N) is 2. The minimum atomic E-state index is -1.73. The van der Waals surface area contributed by atoms with Crippen LogP contribution in [0.4, 0.5) is 5.69 Å². The van der Waals surface area contributed by atoms with Crippen molar-refractivity contribution in [2.24, 2.45) is 17.4 Å². The summed E-state index contributed by atoms with van der Waals surface area (Å²) in [4.78, 5) is 46.6. The summed E-state index contributed by atoms with van der Waals surface area (Å²) in [5, 5.41) is 14.0. The molecule has 0 aliphatic carbocycles. The lowest BCUT2D eigenvalue weighted by atomic mass is 9.96. The van der Waals surface area contributed by atoms with Gasteiger partial charge in [0.2, 0.25) is 11.8 Å². The van der Waals surface area contributed by atoms with Crippen molar-refractivity contribution in [3.63, 3.8) is 0 Å². The van der Waals surface area contributed by atoms with Crippen molar-refractivity contribution in [3.05, 3.63) is 35.9 Å². The fraction of sp³-hybridized carbons (Fsp3) is 0.333. The summed E-state index contributed by atoms with van der Waals surface area (Å²) >= 11 is 0. The van der Waals surface area contributed by atoms with E-state index < -0.39 is 29.6 Å². The molecule has 9 nitrogen and oxygen atoms in total. The third-order valence-electron chi connectivity index (χ3n) is 4.11. The lowest BCUT2D eigenvalue weighted by Gasteiger charge is -2.19. The molecule has 1 aromatic rings. The van der Waals surface area contributed by atoms with Gasteiger partial charge in [0.15, 0.2) is 11.7 Å². The van der Waals surface area contributed by atoms with E-state index in [1.807, 2.05) is 0 Å². The Hall–Kier alpha value is -3.04. The maximum atomic E-state index is 12.0. The summed E-state index contributed by atoms with van der Waals surface area (Å²) in [5.41, 5.74) is 12.5. The van der Waals surface area contributed by atoms with Gasteiger partial charge >= 0.3 is 5.97 Å². The first-order valence-corrected chi connectivity index (χ1v) is 8.49. The number of carboxylic acids is 1. The monoisotopic (exact) mass is 374 g/mol. The Balaban J connectivity index is 2.02. The highest BCUT2D eigenvalue weighted by Gasteiger charge is 2.36. The maximum absolute atomic E-state index is 12.0. The normalized spacial score (nSPS) is 17.7. The number of hydrogen-bond acceptors (Lipinski definition) is 6. The molecule has 2 amide bonds. The number of ketones is 1. The molecule has 0 radical (unpaired) electrons. The SMILES string of the molecule is NCCCC[C@H](N)C(=O)Nc1ccc(C2=CC(=O)C(C(=O)O)C(=O)N2)cc1. The molecule has 144 valence electrons. The fourth-order valence-corrected chi connectivity index (χ4v) is 2.59. The molecule has 0 bridgehead atoms. The highest BCUT2D eigenvalue weighted by atomic mass is 16.4. The number of allylic oxidation sites excluding steroid dienone is 1. The van der Waals surface area contributed by atoms with Gasteiger partial charge in [0.1, 0.15) is 0 Å². The van der Waals surface area contributed by atoms with Gasteiger partial charge in [-0.2, -0.15) is 0 Å². The summed E-state index contributed by atoms with van der Waals surface area (Å²) in [5.74, 6) is -5.21. The fourth-order valence-electron chi connectivity index (χ4n) is 2.59. The molecule has 1 unspecified atom stereocenters. The number of amides is 2. The van der Waals surface area contributed by atoms with Gasteiger partial charge in [-0.05, 0) is 37.1 Å². The highest BCUT2D eigenvalue weighted by Crippen LogP contribution is 2.20. The second-order valence-corrected chi connectivity index (χ2v) is 6.18. The second kappa shape index (κ2) is 9.06. The van der Waals surface area contributed by atoms with E-state index in [0.29, 0.717) is 24.2 Å². The van der Waals surface area contributed by atoms with Crippen LogP contribution in [0.1, 0.15) is 24.8 Å². The van der Waals surface area contributed by atoms with Gasteiger partial charge in [-0.25, -0.2) is 0 Å². The molecule has 0 saturated heterocycles. The van der Waals surface area contributed by atoms with Gasteiger partial charge in [-0.3, -0.25) is 19.2 Å². The molecule has 0 fully saturated rings. The molecule has 0 spiro atoms. The molecular formula is C18H22N4O5. The van der Waals surface area contributed by atoms with Gasteiger partial charge in [0, 0.05) is 11.8 Å². The second-order valence-electron chi connectivity index (χ2n) is 6.18. The van der Waals surface area contributed by atoms with Crippen molar-refractivity contribution >= 4 is 35.0 Å². The molecule has 1 aliphatic rings. The number of anilines is 1. The van der Waals surface area contributed by atoms with Crippen LogP contribution in [0.25, 0.3) is 5.70 Å². The number of carbonyl (C=O) groups excluding carboxylic acids is 3. The predicted molar refractivity (Wildman–Crippen MR) is 98.2 cm³/mol. The van der Waals surface area contributed by atoms with Crippen LogP contribution in [0.5, 0.6) is 0 Å². The minimum Gasteiger partial charge on any atom is -0.480 e. The van der Waals surface area contributed by atoms with E-state index in [4.69, 9.17) is 16.6 Å². The lowest BCUT2D eigenvalue weighted by Crippen LogP contribution is -2.42. The van der Waals surface area contributed by atoms with E-state index in [2.05, 4.69) is 10.6 Å². The van der Waals surface area contributed by atoms with Crippen molar-refractivity contribution in [1.82, 2.24) is 5.32 Å². The molecule has 0 aromatic heterocycles. The van der Waals surface area contributed by atoms with Gasteiger partial charge < -0.3 is 27.2 Å². The maximum Gasteiger partial charge on any atom is 0.324 e. The van der Waals surface area contributed by atoms with Crippen molar-refractivity contribution in [2.45, 2.75) is 25.3 Å². The molecule has 2 rings (SSSR count). The first kappa shape index (κ1) is 20.3. The van der Waals surface area contributed by atoms with E-state index >= 15 is 0 Å². The Morgan fingerprint density at radius 2 is 1.85 bits per heavy atom. The van der Waals surface area contributed by atoms with Crippen LogP contribution in [0.2, 0.25) is 0 Å². The van der Waals surface area contributed by atoms with Gasteiger partial charge in [-0.1, -0.05) is 18.6 Å². The molecule has 1 aromatic carbocycles. The van der Waals surface area contributed by atoms with E-state index in [1.165, 1.54) is 0 Å². The topological polar surface area (TPSA) is 165 Å². The van der Waals surface area contributed by atoms with Crippen molar-refractivity contribution in [3.8, 4) is 0 Å². The molecule has 27 heavy (non-hydrogen) atoms. The molecule has 2 atom stereocenters. The van der Waals surface area contributed by atoms with Crippen LogP contribution in [0.15, 0.2) is 30.3 Å². The molecular weight excluding hydrogens is 352 g/mol. The number of carboxylic acid groups (broad SMARTS) is 1. The van der Waals surface area contributed by atoms with E-state index in [-0.39, 0.29) is 11.6 Å². The van der Waals surface area contributed by atoms with E-state index in [9.17, 15) is 19.2 Å². The van der Waals surface area contributed by atoms with Gasteiger partial charge in [0.05, 0.1) is 11.7 Å². The summed E-state index contributed by atoms with van der Waals surface area (Å²) < 4.78 is 0. The number of unbranched alkanes of at least 4 members (excludes halogenated alkanes) is 1. The summed E-state index contributed by atoms with van der Waals surface area (Å²) in [7, 11) is 0. The first-order chi connectivity index (χ1) is 12.8. The largest absolute Gasteiger partial charge is 0.480 e. The Bertz CT molecular complexity index is 772. The Kier molecular flexibility index (Phi) is 6.80. The number of aliphatic carboxylic acids is 1. The van der Waals surface area contributed by atoms with Gasteiger partial charge in [0.25, 0.3) is 0 Å². The first-order valence-electron chi connectivity index (χ1n) is 8.49. The van der Waals surface area contributed by atoms with Crippen LogP contribution >= 0.6 is 0 Å². The summed E-state index contributed by atoms with van der Waals surface area (Å²) in [6, 6.07) is 5.75. The zero-order valence-electron chi connectivity index (χ0n) is 14.6. The third kappa shape index (κ3) is 5.22. The Morgan fingerprint density at radius 1 is 1.19 bits per heavy atom. The quantitative estimate of drug-likeness (QED) is 0.311. The average molecular weight is 374 g/mol. The third-order valence-corrected chi connectivity index (χ3v) is 4.11. The molecule has 0 saturated carbocycles. The zero-order chi connectivity index (χ0) is 20.0. The number of nitrogens with one attached hydrogen (secondary N) is 2. The lowest BCUT2D eigenvalue weighted by molar-refractivity contribution is -0.149. The van der Waals surface area contributed by atoms with E-state index in [1.54, 1.807) is 24.3 Å². The van der Waals surface area contributed by atoms with Crippen LogP contribution in [-0.2, 0) is 19.2 Å². The number of hydrogen-bond donors (Lipinski definition) is 5. The Labute approximate surface area is 155 Å². The molecule has 9 heteroatoms. The van der Waals surface area contributed by atoms with E-state index in [0.717, 1.165) is 18.9 Å². The molecule has 1 heterocycles. The Morgan fingerprint density at radius 3 is 2.41 bits per heavy atom. The standard InChI is InChI=1S/C18H22N4O5/c19-8-2-1-3-12(20)16(24)21-11-6-4-10(5-7-11)13-9-14(23)15(18(26)27)17(25)22-13/h4-7,9,12,15H,1-3,8,19-20H2,(H,21,24)(H,22,25)(H,26,27)/t12-,15?/m0/s1.